The van der Waals surface area contributed by atoms with E-state index in [1.54, 1.807) is 12.7 Å². The van der Waals surface area contributed by atoms with Crippen LogP contribution in [0.2, 0.25) is 0 Å². The van der Waals surface area contributed by atoms with Gasteiger partial charge in [0.05, 0.1) is 0 Å². The van der Waals surface area contributed by atoms with E-state index in [0.29, 0.717) is 5.82 Å². The molecule has 0 saturated heterocycles. The molecule has 7 aromatic carbocycles. The molecule has 2 aliphatic heterocycles. The van der Waals surface area contributed by atoms with Gasteiger partial charge in [0.2, 0.25) is 0 Å². The zero-order chi connectivity index (χ0) is 36.9. The van der Waals surface area contributed by atoms with Gasteiger partial charge in [0, 0.05) is 39.7 Å². The van der Waals surface area contributed by atoms with E-state index >= 15 is 0 Å². The minimum atomic E-state index is -0.0280. The van der Waals surface area contributed by atoms with Crippen LogP contribution in [-0.4, -0.2) is 21.7 Å². The SMILES string of the molecule is CCCCc1ccc(N2c3cc(-c4ncncn4)cc4c3B(c3c2ccc2ccccc32)c2c(ccc3ccccc23)N4c2ccc(CCCC)cc2)cc1. The van der Waals surface area contributed by atoms with Crippen molar-refractivity contribution in [3.63, 3.8) is 0 Å². The maximum absolute atomic E-state index is 4.70. The van der Waals surface area contributed by atoms with E-state index in [-0.39, 0.29) is 6.71 Å². The fourth-order valence-electron chi connectivity index (χ4n) is 9.01. The summed E-state index contributed by atoms with van der Waals surface area (Å²) >= 11 is 0. The van der Waals surface area contributed by atoms with Crippen LogP contribution in [0.1, 0.15) is 50.7 Å². The van der Waals surface area contributed by atoms with Crippen LogP contribution in [0.25, 0.3) is 32.9 Å². The van der Waals surface area contributed by atoms with Crippen molar-refractivity contribution in [2.24, 2.45) is 0 Å². The highest BCUT2D eigenvalue weighted by Crippen LogP contribution is 2.47. The molecule has 0 unspecified atom stereocenters. The van der Waals surface area contributed by atoms with Crippen molar-refractivity contribution in [3.8, 4) is 11.4 Å². The number of unbranched alkanes of at least 4 members (excludes halogenated alkanes) is 2. The molecule has 55 heavy (non-hydrogen) atoms. The first kappa shape index (κ1) is 33.3. The average molecular weight is 712 g/mol. The van der Waals surface area contributed by atoms with Crippen molar-refractivity contribution in [1.29, 1.82) is 0 Å². The molecule has 0 amide bonds. The predicted octanol–water partition coefficient (Wildman–Crippen LogP) is 10.6. The Balaban J connectivity index is 1.32. The first-order valence-corrected chi connectivity index (χ1v) is 19.8. The van der Waals surface area contributed by atoms with Gasteiger partial charge < -0.3 is 9.80 Å². The molecular weight excluding hydrogens is 669 g/mol. The Morgan fingerprint density at radius 1 is 0.491 bits per heavy atom. The number of hydrogen-bond donors (Lipinski definition) is 0. The lowest BCUT2D eigenvalue weighted by Crippen LogP contribution is -2.61. The summed E-state index contributed by atoms with van der Waals surface area (Å²) in [6, 6.07) is 50.2. The van der Waals surface area contributed by atoms with E-state index in [9.17, 15) is 0 Å². The highest BCUT2D eigenvalue weighted by Gasteiger charge is 2.45. The summed E-state index contributed by atoms with van der Waals surface area (Å²) in [7, 11) is 0. The quantitative estimate of drug-likeness (QED) is 0.140. The Labute approximate surface area is 323 Å². The predicted molar refractivity (Wildman–Crippen MR) is 232 cm³/mol. The first-order chi connectivity index (χ1) is 27.2. The van der Waals surface area contributed by atoms with Crippen molar-refractivity contribution in [3.05, 3.63) is 157 Å². The summed E-state index contributed by atoms with van der Waals surface area (Å²) in [5, 5.41) is 5.05. The van der Waals surface area contributed by atoms with Crippen molar-refractivity contribution < 1.29 is 0 Å². The van der Waals surface area contributed by atoms with E-state index in [1.807, 2.05) is 0 Å². The Hall–Kier alpha value is -6.27. The van der Waals surface area contributed by atoms with Gasteiger partial charge in [-0.3, -0.25) is 0 Å². The fraction of sp³-hybridized carbons (Fsp3) is 0.163. The number of benzene rings is 7. The largest absolute Gasteiger partial charge is 0.311 e. The second-order valence-electron chi connectivity index (χ2n) is 15.0. The second kappa shape index (κ2) is 13.9. The summed E-state index contributed by atoms with van der Waals surface area (Å²) in [6.45, 7) is 4.49. The third-order valence-corrected chi connectivity index (χ3v) is 11.6. The van der Waals surface area contributed by atoms with Gasteiger partial charge in [0.1, 0.15) is 12.7 Å². The smallest absolute Gasteiger partial charge is 0.253 e. The lowest BCUT2D eigenvalue weighted by atomic mass is 9.32. The van der Waals surface area contributed by atoms with E-state index in [1.165, 1.54) is 86.1 Å². The minimum Gasteiger partial charge on any atom is -0.311 e. The van der Waals surface area contributed by atoms with Gasteiger partial charge in [-0.05, 0) is 123 Å². The maximum atomic E-state index is 4.70. The van der Waals surface area contributed by atoms with Gasteiger partial charge in [-0.25, -0.2) is 15.0 Å². The van der Waals surface area contributed by atoms with Crippen molar-refractivity contribution in [2.45, 2.75) is 52.4 Å². The van der Waals surface area contributed by atoms with Gasteiger partial charge in [-0.15, -0.1) is 0 Å². The second-order valence-corrected chi connectivity index (χ2v) is 15.0. The molecule has 3 heterocycles. The van der Waals surface area contributed by atoms with Crippen LogP contribution in [0, 0.1) is 0 Å². The number of aryl methyl sites for hydroxylation is 2. The summed E-state index contributed by atoms with van der Waals surface area (Å²) in [5.41, 5.74) is 14.6. The lowest BCUT2D eigenvalue weighted by Gasteiger charge is -2.45. The van der Waals surface area contributed by atoms with Crippen molar-refractivity contribution in [2.75, 3.05) is 9.80 Å². The molecule has 0 N–H and O–H groups in total. The fourth-order valence-corrected chi connectivity index (χ4v) is 9.01. The van der Waals surface area contributed by atoms with Crippen LogP contribution < -0.4 is 26.2 Å². The standard InChI is InChI=1S/C49H42BN5/c1-3-5-11-33-17-23-38(24-18-33)54-42-27-21-35-13-7-9-15-40(35)46(42)50-47-41-16-10-8-14-36(41)22-28-43(47)55(39-25-19-34(20-26-39)12-6-4-2)45-30-37(29-44(54)48(45)50)49-52-31-51-32-53-49/h7-10,13-32H,3-6,11-12H2,1-2H3. The van der Waals surface area contributed by atoms with E-state index in [4.69, 9.17) is 9.97 Å². The van der Waals surface area contributed by atoms with E-state index in [2.05, 4.69) is 162 Å². The third-order valence-electron chi connectivity index (χ3n) is 11.6. The molecular formula is C49H42BN5. The number of hydrogen-bond acceptors (Lipinski definition) is 5. The van der Waals surface area contributed by atoms with Crippen LogP contribution in [0.3, 0.4) is 0 Å². The minimum absolute atomic E-state index is 0.0280. The molecule has 1 aromatic heterocycles. The molecule has 6 heteroatoms. The molecule has 8 aromatic rings. The number of fused-ring (bicyclic) bond motifs is 8. The van der Waals surface area contributed by atoms with Gasteiger partial charge in [-0.2, -0.15) is 0 Å². The van der Waals surface area contributed by atoms with Crippen molar-refractivity contribution in [1.82, 2.24) is 15.0 Å². The summed E-state index contributed by atoms with van der Waals surface area (Å²) in [6.07, 6.45) is 10.1. The molecule has 2 aliphatic rings. The average Bonchev–Trinajstić information content (AvgIpc) is 3.25. The van der Waals surface area contributed by atoms with Gasteiger partial charge in [0.15, 0.2) is 5.82 Å². The molecule has 0 atom stereocenters. The van der Waals surface area contributed by atoms with Gasteiger partial charge in [-0.1, -0.05) is 112 Å². The monoisotopic (exact) mass is 711 g/mol. The Morgan fingerprint density at radius 2 is 0.964 bits per heavy atom. The lowest BCUT2D eigenvalue weighted by molar-refractivity contribution is 0.795. The van der Waals surface area contributed by atoms with Crippen LogP contribution in [0.4, 0.5) is 34.1 Å². The highest BCUT2D eigenvalue weighted by atomic mass is 15.2. The third kappa shape index (κ3) is 5.58. The van der Waals surface area contributed by atoms with Crippen molar-refractivity contribution >= 4 is 78.8 Å². The first-order valence-electron chi connectivity index (χ1n) is 19.8. The molecule has 0 saturated carbocycles. The van der Waals surface area contributed by atoms with Crippen LogP contribution in [-0.2, 0) is 12.8 Å². The van der Waals surface area contributed by atoms with Crippen LogP contribution >= 0.6 is 0 Å². The molecule has 0 radical (unpaired) electrons. The molecule has 10 rings (SSSR count). The Morgan fingerprint density at radius 3 is 1.44 bits per heavy atom. The Kier molecular flexibility index (Phi) is 8.39. The zero-order valence-electron chi connectivity index (χ0n) is 31.4. The molecule has 266 valence electrons. The van der Waals surface area contributed by atoms with Gasteiger partial charge in [0.25, 0.3) is 6.71 Å². The van der Waals surface area contributed by atoms with Crippen LogP contribution in [0.5, 0.6) is 0 Å². The van der Waals surface area contributed by atoms with Crippen LogP contribution in [0.15, 0.2) is 146 Å². The number of aromatic nitrogens is 3. The topological polar surface area (TPSA) is 45.2 Å². The molecule has 0 spiro atoms. The number of anilines is 6. The van der Waals surface area contributed by atoms with E-state index < -0.39 is 0 Å². The normalized spacial score (nSPS) is 12.9. The molecule has 0 fully saturated rings. The Bertz CT molecular complexity index is 2530. The maximum Gasteiger partial charge on any atom is 0.253 e. The summed E-state index contributed by atoms with van der Waals surface area (Å²) in [5.74, 6) is 0.656. The molecule has 0 aliphatic carbocycles. The highest BCUT2D eigenvalue weighted by molar-refractivity contribution is 7.02. The van der Waals surface area contributed by atoms with Gasteiger partial charge >= 0.3 is 0 Å². The van der Waals surface area contributed by atoms with E-state index in [0.717, 1.165) is 41.2 Å². The summed E-state index contributed by atoms with van der Waals surface area (Å²) in [4.78, 5) is 18.6. The summed E-state index contributed by atoms with van der Waals surface area (Å²) < 4.78 is 0. The molecule has 0 bridgehead atoms. The number of rotatable bonds is 9. The molecule has 5 nitrogen and oxygen atoms in total. The zero-order valence-corrected chi connectivity index (χ0v) is 31.4. The number of nitrogens with zero attached hydrogens (tertiary/aromatic N) is 5.